The Kier molecular flexibility index (Phi) is 17.8. The standard InChI is InChI=1S/C22H20N6O3.C12H15N3O2.C10H6ClN3O.CH4.ClH/c1-22(2,30)21-27-18(28-31-21)15-7-5-6-14(10-15)11-26-20(29)16-12-24-19(25-13-16)17-8-3-4-9-23-17;1-12(2,16)11-14-10(15-17-11)9-5-3-4-8(6-9)7-13;11-9(15)7-5-13-10(14-6-7)8-3-1-2-4-12-8;;/h3-10,12-13,30H,11H2,1-2H3,(H,26,29);3-6,16H,7,13H2,1-2H3;1-6H;1H4;1H. The molecule has 0 radical (unpaired) electrons. The predicted molar refractivity (Wildman–Crippen MR) is 244 cm³/mol. The lowest BCUT2D eigenvalue weighted by molar-refractivity contribution is 0.0417. The number of carbonyl (C=O) groups is 2. The van der Waals surface area contributed by atoms with Crippen molar-refractivity contribution in [1.29, 1.82) is 0 Å². The lowest BCUT2D eigenvalue weighted by Gasteiger charge is -2.09. The maximum atomic E-state index is 12.5. The van der Waals surface area contributed by atoms with E-state index in [9.17, 15) is 19.8 Å². The average Bonchev–Trinajstić information content (AvgIpc) is 4.02. The van der Waals surface area contributed by atoms with Gasteiger partial charge in [0, 0.05) is 61.4 Å². The smallest absolute Gasteiger partial charge is 0.258 e. The summed E-state index contributed by atoms with van der Waals surface area (Å²) >= 11 is 5.27. The lowest BCUT2D eigenvalue weighted by Crippen LogP contribution is -2.23. The van der Waals surface area contributed by atoms with Crippen LogP contribution in [0.2, 0.25) is 0 Å². The Morgan fingerprint density at radius 2 is 1.08 bits per heavy atom. The van der Waals surface area contributed by atoms with Crippen molar-refractivity contribution in [1.82, 2.24) is 55.5 Å². The molecule has 0 unspecified atom stereocenters. The Hall–Kier alpha value is -7.22. The maximum absolute atomic E-state index is 12.5. The van der Waals surface area contributed by atoms with Gasteiger partial charge in [-0.05, 0) is 86.8 Å². The minimum absolute atomic E-state index is 0. The molecular formula is C45H46Cl2N12O6. The van der Waals surface area contributed by atoms with Crippen molar-refractivity contribution in [3.63, 3.8) is 0 Å². The summed E-state index contributed by atoms with van der Waals surface area (Å²) in [4.78, 5) is 56.3. The van der Waals surface area contributed by atoms with Gasteiger partial charge >= 0.3 is 0 Å². The number of benzene rings is 2. The number of rotatable bonds is 11. The molecule has 20 heteroatoms. The van der Waals surface area contributed by atoms with Crippen molar-refractivity contribution in [2.75, 3.05) is 0 Å². The van der Waals surface area contributed by atoms with Crippen LogP contribution in [0.4, 0.5) is 0 Å². The molecule has 0 aliphatic rings. The molecule has 5 N–H and O–H groups in total. The van der Waals surface area contributed by atoms with Crippen molar-refractivity contribution in [2.24, 2.45) is 5.73 Å². The summed E-state index contributed by atoms with van der Waals surface area (Å²) in [5, 5.41) is 29.7. The molecule has 8 aromatic rings. The van der Waals surface area contributed by atoms with Crippen molar-refractivity contribution >= 4 is 35.2 Å². The van der Waals surface area contributed by atoms with Gasteiger partial charge in [0.25, 0.3) is 22.9 Å². The van der Waals surface area contributed by atoms with E-state index >= 15 is 0 Å². The number of hydrogen-bond acceptors (Lipinski definition) is 17. The monoisotopic (exact) mass is 920 g/mol. The number of nitrogens with zero attached hydrogens (tertiary/aromatic N) is 10. The van der Waals surface area contributed by atoms with Gasteiger partial charge in [-0.15, -0.1) is 12.4 Å². The number of pyridine rings is 2. The van der Waals surface area contributed by atoms with Crippen LogP contribution in [0.25, 0.3) is 45.8 Å². The van der Waals surface area contributed by atoms with Crippen LogP contribution in [0, 0.1) is 0 Å². The molecule has 0 aliphatic carbocycles. The van der Waals surface area contributed by atoms with E-state index in [1.54, 1.807) is 58.3 Å². The zero-order valence-corrected chi connectivity index (χ0v) is 36.4. The number of amides is 1. The Morgan fingerprint density at radius 1 is 0.631 bits per heavy atom. The largest absolute Gasteiger partial charge is 0.381 e. The van der Waals surface area contributed by atoms with E-state index in [0.29, 0.717) is 58.9 Å². The number of carbonyl (C=O) groups excluding carboxylic acids is 2. The third-order valence-corrected chi connectivity index (χ3v) is 8.76. The van der Waals surface area contributed by atoms with E-state index in [-0.39, 0.29) is 43.1 Å². The minimum Gasteiger partial charge on any atom is -0.381 e. The second-order valence-electron chi connectivity index (χ2n) is 14.5. The molecule has 6 aromatic heterocycles. The number of aliphatic hydroxyl groups is 2. The van der Waals surface area contributed by atoms with E-state index in [1.165, 1.54) is 24.8 Å². The molecule has 8 rings (SSSR count). The van der Waals surface area contributed by atoms with Gasteiger partial charge in [0.05, 0.1) is 11.1 Å². The van der Waals surface area contributed by atoms with Gasteiger partial charge in [-0.3, -0.25) is 19.6 Å². The zero-order chi connectivity index (χ0) is 45.0. The van der Waals surface area contributed by atoms with Crippen LogP contribution in [-0.4, -0.2) is 71.5 Å². The van der Waals surface area contributed by atoms with E-state index in [4.69, 9.17) is 26.4 Å². The summed E-state index contributed by atoms with van der Waals surface area (Å²) in [5.74, 6) is 1.79. The first-order valence-corrected chi connectivity index (χ1v) is 19.5. The van der Waals surface area contributed by atoms with Gasteiger partial charge in [0.2, 0.25) is 11.6 Å². The van der Waals surface area contributed by atoms with Crippen LogP contribution in [0.15, 0.2) is 131 Å². The normalized spacial score (nSPS) is 10.8. The highest BCUT2D eigenvalue weighted by atomic mass is 35.5. The fourth-order valence-corrected chi connectivity index (χ4v) is 5.35. The fraction of sp³-hybridized carbons (Fsp3) is 0.200. The number of nitrogens with two attached hydrogens (primary N) is 1. The van der Waals surface area contributed by atoms with Crippen LogP contribution < -0.4 is 11.1 Å². The average molecular weight is 922 g/mol. The summed E-state index contributed by atoms with van der Waals surface area (Å²) in [5.41, 5.74) is 8.54. The Bertz CT molecular complexity index is 2740. The van der Waals surface area contributed by atoms with E-state index in [0.717, 1.165) is 16.7 Å². The van der Waals surface area contributed by atoms with Crippen molar-refractivity contribution in [2.45, 2.75) is 59.4 Å². The molecule has 1 amide bonds. The first-order valence-electron chi connectivity index (χ1n) is 19.1. The van der Waals surface area contributed by atoms with Crippen LogP contribution >= 0.6 is 24.0 Å². The van der Waals surface area contributed by atoms with Crippen molar-refractivity contribution in [3.8, 4) is 45.8 Å². The lowest BCUT2D eigenvalue weighted by atomic mass is 10.1. The molecule has 0 saturated carbocycles. The van der Waals surface area contributed by atoms with Crippen molar-refractivity contribution < 1.29 is 28.8 Å². The second-order valence-corrected chi connectivity index (χ2v) is 14.9. The Balaban J connectivity index is 0.000000231. The first-order chi connectivity index (χ1) is 30.2. The summed E-state index contributed by atoms with van der Waals surface area (Å²) in [7, 11) is 0. The third-order valence-electron chi connectivity index (χ3n) is 8.54. The third kappa shape index (κ3) is 14.1. The summed E-state index contributed by atoms with van der Waals surface area (Å²) in [6.07, 6.45) is 9.02. The van der Waals surface area contributed by atoms with Crippen LogP contribution in [0.1, 0.15) is 78.7 Å². The second kappa shape index (κ2) is 22.9. The summed E-state index contributed by atoms with van der Waals surface area (Å²) < 4.78 is 10.1. The van der Waals surface area contributed by atoms with Gasteiger partial charge in [-0.25, -0.2) is 19.9 Å². The molecule has 18 nitrogen and oxygen atoms in total. The number of halogens is 2. The van der Waals surface area contributed by atoms with Gasteiger partial charge in [-0.1, -0.05) is 66.3 Å². The maximum Gasteiger partial charge on any atom is 0.258 e. The number of hydrogen-bond donors (Lipinski definition) is 4. The predicted octanol–water partition coefficient (Wildman–Crippen LogP) is 7.14. The SMILES string of the molecule is C.CC(C)(O)c1nc(-c2cccc(CN)c2)no1.CC(C)(O)c1nc(-c2cccc(CNC(=O)c3cnc(-c4ccccn4)nc3)c2)no1.Cl.O=C(Cl)c1cnc(-c2ccccn2)nc1. The molecule has 0 spiro atoms. The van der Waals surface area contributed by atoms with Crippen LogP contribution in [-0.2, 0) is 24.3 Å². The molecule has 0 fully saturated rings. The topological polar surface area (TPSA) is 268 Å². The summed E-state index contributed by atoms with van der Waals surface area (Å²) in [6, 6.07) is 25.9. The Labute approximate surface area is 385 Å². The van der Waals surface area contributed by atoms with E-state index in [2.05, 4.69) is 55.5 Å². The molecule has 0 atom stereocenters. The molecule has 0 aliphatic heterocycles. The Morgan fingerprint density at radius 3 is 1.48 bits per heavy atom. The summed E-state index contributed by atoms with van der Waals surface area (Å²) in [6.45, 7) is 7.10. The van der Waals surface area contributed by atoms with Gasteiger partial charge in [-0.2, -0.15) is 9.97 Å². The molecule has 0 bridgehead atoms. The molecule has 6 heterocycles. The highest BCUT2D eigenvalue weighted by Crippen LogP contribution is 2.24. The molecule has 0 saturated heterocycles. The molecular weight excluding hydrogens is 875 g/mol. The van der Waals surface area contributed by atoms with Crippen molar-refractivity contribution in [3.05, 3.63) is 156 Å². The highest BCUT2D eigenvalue weighted by Gasteiger charge is 2.25. The first kappa shape index (κ1) is 50.4. The van der Waals surface area contributed by atoms with Gasteiger partial charge < -0.3 is 30.3 Å². The zero-order valence-electron chi connectivity index (χ0n) is 34.8. The minimum atomic E-state index is -1.22. The van der Waals surface area contributed by atoms with E-state index in [1.807, 2.05) is 66.7 Å². The fourth-order valence-electron chi connectivity index (χ4n) is 5.25. The quantitative estimate of drug-likeness (QED) is 0.0938. The molecule has 65 heavy (non-hydrogen) atoms. The molecule has 336 valence electrons. The highest BCUT2D eigenvalue weighted by molar-refractivity contribution is 6.67. The van der Waals surface area contributed by atoms with E-state index < -0.39 is 16.4 Å². The molecule has 2 aromatic carbocycles. The van der Waals surface area contributed by atoms with Crippen LogP contribution in [0.5, 0.6) is 0 Å². The van der Waals surface area contributed by atoms with Crippen LogP contribution in [0.3, 0.4) is 0 Å². The number of nitrogens with one attached hydrogen (secondary N) is 1. The number of aromatic nitrogens is 10. The van der Waals surface area contributed by atoms with Gasteiger partial charge in [0.15, 0.2) is 11.6 Å². The van der Waals surface area contributed by atoms with Gasteiger partial charge in [0.1, 0.15) is 22.6 Å².